The van der Waals surface area contributed by atoms with Crippen LogP contribution in [0.5, 0.6) is 5.75 Å². The maximum absolute atomic E-state index is 5.90. The Morgan fingerprint density at radius 1 is 1.03 bits per heavy atom. The minimum absolute atomic E-state index is 0.369. The summed E-state index contributed by atoms with van der Waals surface area (Å²) >= 11 is 1.54. The molecular formula is C24H27N5O2S. The van der Waals surface area contributed by atoms with Gasteiger partial charge in [-0.3, -0.25) is 0 Å². The van der Waals surface area contributed by atoms with Crippen LogP contribution in [0.4, 0.5) is 0 Å². The van der Waals surface area contributed by atoms with Crippen LogP contribution in [0.15, 0.2) is 64.3 Å². The van der Waals surface area contributed by atoms with Crippen molar-refractivity contribution in [1.82, 2.24) is 24.9 Å². The number of thioether (sulfide) groups is 1. The molecule has 4 rings (SSSR count). The summed E-state index contributed by atoms with van der Waals surface area (Å²) in [6.07, 6.45) is 1.03. The van der Waals surface area contributed by atoms with E-state index in [0.717, 1.165) is 35.3 Å². The molecule has 0 amide bonds. The first kappa shape index (κ1) is 22.1. The van der Waals surface area contributed by atoms with Crippen molar-refractivity contribution in [2.24, 2.45) is 5.92 Å². The lowest BCUT2D eigenvalue weighted by Crippen LogP contribution is -2.10. The topological polar surface area (TPSA) is 78.9 Å². The van der Waals surface area contributed by atoms with Crippen molar-refractivity contribution in [1.29, 1.82) is 0 Å². The second-order valence-electron chi connectivity index (χ2n) is 8.00. The molecule has 0 fully saturated rings. The Kier molecular flexibility index (Phi) is 7.21. The highest BCUT2D eigenvalue weighted by Crippen LogP contribution is 2.24. The zero-order valence-electron chi connectivity index (χ0n) is 18.6. The highest BCUT2D eigenvalue weighted by molar-refractivity contribution is 7.98. The first-order chi connectivity index (χ1) is 15.6. The van der Waals surface area contributed by atoms with Gasteiger partial charge < -0.3 is 13.8 Å². The monoisotopic (exact) mass is 449 g/mol. The predicted molar refractivity (Wildman–Crippen MR) is 124 cm³/mol. The zero-order chi connectivity index (χ0) is 22.3. The normalized spacial score (nSPS) is 11.2. The third-order valence-electron chi connectivity index (χ3n) is 4.94. The Morgan fingerprint density at radius 2 is 1.81 bits per heavy atom. The van der Waals surface area contributed by atoms with Gasteiger partial charge in [0.1, 0.15) is 12.4 Å². The van der Waals surface area contributed by atoms with Crippen molar-refractivity contribution in [3.63, 3.8) is 0 Å². The minimum Gasteiger partial charge on any atom is -0.486 e. The Labute approximate surface area is 192 Å². The summed E-state index contributed by atoms with van der Waals surface area (Å²) in [7, 11) is 0. The van der Waals surface area contributed by atoms with Crippen LogP contribution in [0.25, 0.3) is 11.4 Å². The lowest BCUT2D eigenvalue weighted by atomic mass is 10.1. The van der Waals surface area contributed by atoms with E-state index in [1.54, 1.807) is 11.8 Å². The maximum Gasteiger partial charge on any atom is 0.237 e. The molecule has 0 atom stereocenters. The van der Waals surface area contributed by atoms with Gasteiger partial charge in [-0.05, 0) is 31.4 Å². The smallest absolute Gasteiger partial charge is 0.237 e. The first-order valence-electron chi connectivity index (χ1n) is 10.7. The molecule has 0 aliphatic rings. The van der Waals surface area contributed by atoms with E-state index in [-0.39, 0.29) is 0 Å². The van der Waals surface area contributed by atoms with Gasteiger partial charge in [0.15, 0.2) is 11.0 Å². The largest absolute Gasteiger partial charge is 0.486 e. The van der Waals surface area contributed by atoms with E-state index in [4.69, 9.17) is 9.26 Å². The molecule has 0 spiro atoms. The number of aromatic nitrogens is 5. The number of para-hydroxylation sites is 1. The van der Waals surface area contributed by atoms with Gasteiger partial charge in [-0.1, -0.05) is 78.8 Å². The van der Waals surface area contributed by atoms with Crippen LogP contribution in [0.3, 0.4) is 0 Å². The number of benzene rings is 2. The molecule has 0 aliphatic carbocycles. The highest BCUT2D eigenvalue weighted by atomic mass is 32.2. The van der Waals surface area contributed by atoms with Gasteiger partial charge in [-0.25, -0.2) is 0 Å². The second kappa shape index (κ2) is 10.5. The fourth-order valence-electron chi connectivity index (χ4n) is 3.07. The number of ether oxygens (including phenoxy) is 1. The van der Waals surface area contributed by atoms with Crippen molar-refractivity contribution in [3.8, 4) is 17.1 Å². The second-order valence-corrected chi connectivity index (χ2v) is 8.94. The van der Waals surface area contributed by atoms with Gasteiger partial charge in [0.25, 0.3) is 0 Å². The summed E-state index contributed by atoms with van der Waals surface area (Å²) in [4.78, 5) is 4.53. The van der Waals surface area contributed by atoms with E-state index in [1.807, 2.05) is 54.6 Å². The fourth-order valence-corrected chi connectivity index (χ4v) is 3.89. The average molecular weight is 450 g/mol. The summed E-state index contributed by atoms with van der Waals surface area (Å²) in [5, 5.41) is 13.7. The van der Waals surface area contributed by atoms with E-state index in [0.29, 0.717) is 30.0 Å². The maximum atomic E-state index is 5.90. The molecular weight excluding hydrogens is 422 g/mol. The molecule has 0 bridgehead atoms. The molecule has 0 saturated carbocycles. The molecule has 8 heteroatoms. The number of aryl methyl sites for hydroxylation is 1. The quantitative estimate of drug-likeness (QED) is 0.294. The Morgan fingerprint density at radius 3 is 2.56 bits per heavy atom. The summed E-state index contributed by atoms with van der Waals surface area (Å²) in [6.45, 7) is 7.67. The van der Waals surface area contributed by atoms with E-state index in [1.165, 1.54) is 5.56 Å². The van der Waals surface area contributed by atoms with Gasteiger partial charge >= 0.3 is 0 Å². The van der Waals surface area contributed by atoms with Crippen molar-refractivity contribution >= 4 is 11.8 Å². The number of hydrogen-bond acceptors (Lipinski definition) is 7. The van der Waals surface area contributed by atoms with E-state index in [2.05, 4.69) is 45.7 Å². The molecule has 32 heavy (non-hydrogen) atoms. The molecule has 0 N–H and O–H groups in total. The third-order valence-corrected chi connectivity index (χ3v) is 5.89. The molecule has 4 aromatic rings. The van der Waals surface area contributed by atoms with Crippen LogP contribution in [0.1, 0.15) is 37.5 Å². The van der Waals surface area contributed by atoms with Crippen molar-refractivity contribution < 1.29 is 9.26 Å². The highest BCUT2D eigenvalue weighted by Gasteiger charge is 2.16. The molecule has 0 saturated heterocycles. The third kappa shape index (κ3) is 5.76. The molecule has 2 aromatic carbocycles. The van der Waals surface area contributed by atoms with Crippen molar-refractivity contribution in [2.75, 3.05) is 0 Å². The van der Waals surface area contributed by atoms with Gasteiger partial charge in [-0.2, -0.15) is 4.98 Å². The lowest BCUT2D eigenvalue weighted by Gasteiger charge is -2.12. The van der Waals surface area contributed by atoms with Crippen molar-refractivity contribution in [3.05, 3.63) is 71.9 Å². The van der Waals surface area contributed by atoms with E-state index < -0.39 is 0 Å². The first-order valence-corrected chi connectivity index (χ1v) is 11.7. The molecule has 7 nitrogen and oxygen atoms in total. The summed E-state index contributed by atoms with van der Waals surface area (Å²) in [5.41, 5.74) is 2.14. The van der Waals surface area contributed by atoms with E-state index >= 15 is 0 Å². The standard InChI is InChI=1S/C24H27N5O2S/c1-17(2)13-14-29-21(15-30-20-7-5-4-6-8-20)26-27-24(29)32-16-22-25-23(28-31-22)19-11-9-18(3)10-12-19/h4-12,17H,13-16H2,1-3H3. The fraction of sp³-hybridized carbons (Fsp3) is 0.333. The average Bonchev–Trinajstić information content (AvgIpc) is 3.43. The van der Waals surface area contributed by atoms with Gasteiger partial charge in [0, 0.05) is 12.1 Å². The zero-order valence-corrected chi connectivity index (χ0v) is 19.4. The molecule has 0 aliphatic heterocycles. The number of nitrogens with zero attached hydrogens (tertiary/aromatic N) is 5. The van der Waals surface area contributed by atoms with Gasteiger partial charge in [0.2, 0.25) is 11.7 Å². The SMILES string of the molecule is Cc1ccc(-c2noc(CSc3nnc(COc4ccccc4)n3CCC(C)C)n2)cc1. The Bertz CT molecular complexity index is 1120. The molecule has 0 radical (unpaired) electrons. The van der Waals surface area contributed by atoms with Crippen LogP contribution in [0.2, 0.25) is 0 Å². The Balaban J connectivity index is 1.44. The molecule has 2 aromatic heterocycles. The summed E-state index contributed by atoms with van der Waals surface area (Å²) in [5.74, 6) is 3.88. The minimum atomic E-state index is 0.369. The van der Waals surface area contributed by atoms with Crippen LogP contribution < -0.4 is 4.74 Å². The molecule has 166 valence electrons. The summed E-state index contributed by atoms with van der Waals surface area (Å²) < 4.78 is 13.5. The van der Waals surface area contributed by atoms with Gasteiger partial charge in [-0.15, -0.1) is 10.2 Å². The van der Waals surface area contributed by atoms with Crippen molar-refractivity contribution in [2.45, 2.75) is 51.3 Å². The molecule has 0 unspecified atom stereocenters. The lowest BCUT2D eigenvalue weighted by molar-refractivity contribution is 0.285. The predicted octanol–water partition coefficient (Wildman–Crippen LogP) is 5.55. The molecule has 2 heterocycles. The van der Waals surface area contributed by atoms with Crippen LogP contribution in [-0.2, 0) is 18.9 Å². The van der Waals surface area contributed by atoms with Crippen LogP contribution in [-0.4, -0.2) is 24.9 Å². The van der Waals surface area contributed by atoms with Gasteiger partial charge in [0.05, 0.1) is 5.75 Å². The number of hydrogen-bond donors (Lipinski definition) is 0. The van der Waals surface area contributed by atoms with E-state index in [9.17, 15) is 0 Å². The van der Waals surface area contributed by atoms with Crippen LogP contribution in [0, 0.1) is 12.8 Å². The summed E-state index contributed by atoms with van der Waals surface area (Å²) in [6, 6.07) is 17.8. The van der Waals surface area contributed by atoms with Crippen LogP contribution >= 0.6 is 11.8 Å². The Hall–Kier alpha value is -3.13. The number of rotatable bonds is 10.